The normalized spacial score (nSPS) is 16.3. The van der Waals surface area contributed by atoms with Crippen LogP contribution in [0.4, 0.5) is 0 Å². The lowest BCUT2D eigenvalue weighted by Crippen LogP contribution is -2.38. The minimum absolute atomic E-state index is 0.0104. The molecule has 1 saturated heterocycles. The van der Waals surface area contributed by atoms with Crippen LogP contribution in [0.25, 0.3) is 0 Å². The van der Waals surface area contributed by atoms with Gasteiger partial charge in [0.05, 0.1) is 11.1 Å². The Morgan fingerprint density at radius 3 is 2.71 bits per heavy atom. The Hall–Kier alpha value is -2.13. The third-order valence-electron chi connectivity index (χ3n) is 4.96. The number of carbonyl (C=O) groups excluding carboxylic acids is 1. The molecule has 31 heavy (non-hydrogen) atoms. The van der Waals surface area contributed by atoms with E-state index < -0.39 is 10.1 Å². The molecular weight excluding hydrogens is 442 g/mol. The monoisotopic (exact) mass is 467 g/mol. The number of halogens is 1. The van der Waals surface area contributed by atoms with Crippen molar-refractivity contribution in [1.82, 2.24) is 4.90 Å². The van der Waals surface area contributed by atoms with Crippen LogP contribution in [-0.2, 0) is 30.9 Å². The second kappa shape index (κ2) is 10.5. The Labute approximate surface area is 188 Å². The van der Waals surface area contributed by atoms with E-state index in [4.69, 9.17) is 25.3 Å². The van der Waals surface area contributed by atoms with E-state index in [0.717, 1.165) is 18.4 Å². The smallest absolute Gasteiger partial charge is 0.340 e. The maximum absolute atomic E-state index is 12.8. The van der Waals surface area contributed by atoms with Crippen LogP contribution in [-0.4, -0.2) is 52.2 Å². The fourth-order valence-corrected chi connectivity index (χ4v) is 5.24. The summed E-state index contributed by atoms with van der Waals surface area (Å²) in [6.07, 6.45) is 1.86. The van der Waals surface area contributed by atoms with Crippen molar-refractivity contribution in [3.63, 3.8) is 0 Å². The van der Waals surface area contributed by atoms with Gasteiger partial charge in [-0.05, 0) is 49.1 Å². The number of nitrogens with zero attached hydrogens (tertiary/aromatic N) is 1. The zero-order valence-electron chi connectivity index (χ0n) is 17.5. The summed E-state index contributed by atoms with van der Waals surface area (Å²) < 4.78 is 41.6. The first-order chi connectivity index (χ1) is 14.8. The number of amides is 1. The maximum atomic E-state index is 12.8. The topological polar surface area (TPSA) is 82.1 Å². The van der Waals surface area contributed by atoms with Crippen molar-refractivity contribution in [2.45, 2.75) is 37.3 Å². The molecule has 1 amide bonds. The Bertz CT molecular complexity index is 1000. The van der Waals surface area contributed by atoms with E-state index in [9.17, 15) is 13.2 Å². The number of methoxy groups -OCH3 is 1. The predicted octanol–water partition coefficient (Wildman–Crippen LogP) is 3.57. The van der Waals surface area contributed by atoms with Gasteiger partial charge in [-0.2, -0.15) is 8.42 Å². The van der Waals surface area contributed by atoms with E-state index in [2.05, 4.69) is 0 Å². The standard InChI is InChI=1S/C22H26ClNO6S/c1-16-6-3-10-20(23)22(16)31(26,27)30-18-8-4-7-17(12-18)13-24(21(25)15-28-2)14-19-9-5-11-29-19/h3-4,6-8,10,12,19H,5,9,11,13-15H2,1-2H3. The number of hydrogen-bond acceptors (Lipinski definition) is 6. The lowest BCUT2D eigenvalue weighted by molar-refractivity contribution is -0.137. The first-order valence-electron chi connectivity index (χ1n) is 9.97. The lowest BCUT2D eigenvalue weighted by atomic mass is 10.1. The molecule has 0 spiro atoms. The van der Waals surface area contributed by atoms with E-state index in [1.807, 2.05) is 6.07 Å². The van der Waals surface area contributed by atoms with Gasteiger partial charge in [0.1, 0.15) is 17.3 Å². The number of hydrogen-bond donors (Lipinski definition) is 0. The van der Waals surface area contributed by atoms with Gasteiger partial charge in [-0.1, -0.05) is 35.9 Å². The molecule has 0 aliphatic carbocycles. The Kier molecular flexibility index (Phi) is 7.94. The highest BCUT2D eigenvalue weighted by molar-refractivity contribution is 7.87. The van der Waals surface area contributed by atoms with Gasteiger partial charge >= 0.3 is 10.1 Å². The molecule has 1 atom stereocenters. The number of aryl methyl sites for hydroxylation is 1. The Balaban J connectivity index is 1.78. The molecule has 9 heteroatoms. The zero-order valence-corrected chi connectivity index (χ0v) is 19.1. The van der Waals surface area contributed by atoms with Crippen LogP contribution in [0.15, 0.2) is 47.4 Å². The summed E-state index contributed by atoms with van der Waals surface area (Å²) in [5.41, 5.74) is 1.22. The number of rotatable bonds is 9. The first kappa shape index (κ1) is 23.5. The quantitative estimate of drug-likeness (QED) is 0.524. The molecule has 1 heterocycles. The van der Waals surface area contributed by atoms with E-state index in [1.165, 1.54) is 13.2 Å². The molecule has 1 unspecified atom stereocenters. The summed E-state index contributed by atoms with van der Waals surface area (Å²) in [6.45, 7) is 3.04. The van der Waals surface area contributed by atoms with Gasteiger partial charge in [0.15, 0.2) is 0 Å². The van der Waals surface area contributed by atoms with Crippen LogP contribution in [0.1, 0.15) is 24.0 Å². The molecule has 0 bridgehead atoms. The van der Waals surface area contributed by atoms with E-state index >= 15 is 0 Å². The largest absolute Gasteiger partial charge is 0.379 e. The predicted molar refractivity (Wildman–Crippen MR) is 117 cm³/mol. The molecule has 7 nitrogen and oxygen atoms in total. The first-order valence-corrected chi connectivity index (χ1v) is 11.8. The van der Waals surface area contributed by atoms with E-state index in [1.54, 1.807) is 42.2 Å². The van der Waals surface area contributed by atoms with Crippen LogP contribution >= 0.6 is 11.6 Å². The fraction of sp³-hybridized carbons (Fsp3) is 0.409. The van der Waals surface area contributed by atoms with Crippen molar-refractivity contribution in [2.75, 3.05) is 26.9 Å². The molecule has 0 N–H and O–H groups in total. The van der Waals surface area contributed by atoms with Crippen molar-refractivity contribution < 1.29 is 26.9 Å². The molecule has 2 aromatic rings. The van der Waals surface area contributed by atoms with Crippen molar-refractivity contribution in [1.29, 1.82) is 0 Å². The molecule has 0 saturated carbocycles. The van der Waals surface area contributed by atoms with Gasteiger partial charge in [0.25, 0.3) is 0 Å². The van der Waals surface area contributed by atoms with Crippen LogP contribution in [0.5, 0.6) is 5.75 Å². The highest BCUT2D eigenvalue weighted by atomic mass is 35.5. The molecule has 2 aromatic carbocycles. The van der Waals surface area contributed by atoms with Crippen molar-refractivity contribution in [3.05, 3.63) is 58.6 Å². The van der Waals surface area contributed by atoms with Crippen molar-refractivity contribution in [3.8, 4) is 5.75 Å². The highest BCUT2D eigenvalue weighted by Crippen LogP contribution is 2.28. The third-order valence-corrected chi connectivity index (χ3v) is 6.84. The van der Waals surface area contributed by atoms with E-state index in [-0.39, 0.29) is 40.8 Å². The number of ether oxygens (including phenoxy) is 2. The Morgan fingerprint density at radius 2 is 2.03 bits per heavy atom. The van der Waals surface area contributed by atoms with Crippen LogP contribution in [0, 0.1) is 6.92 Å². The molecule has 1 aliphatic heterocycles. The lowest BCUT2D eigenvalue weighted by Gasteiger charge is -2.25. The van der Waals surface area contributed by atoms with Crippen molar-refractivity contribution >= 4 is 27.6 Å². The SMILES string of the molecule is COCC(=O)N(Cc1cccc(OS(=O)(=O)c2c(C)cccc2Cl)c1)CC1CCCO1. The number of carbonyl (C=O) groups is 1. The van der Waals surface area contributed by atoms with Crippen LogP contribution in [0.2, 0.25) is 5.02 Å². The van der Waals surface area contributed by atoms with Gasteiger partial charge < -0.3 is 18.6 Å². The number of benzene rings is 2. The van der Waals surface area contributed by atoms with Gasteiger partial charge in [-0.15, -0.1) is 0 Å². The van der Waals surface area contributed by atoms with Gasteiger partial charge in [0, 0.05) is 26.8 Å². The molecule has 0 aromatic heterocycles. The summed E-state index contributed by atoms with van der Waals surface area (Å²) in [5.74, 6) is -0.0169. The van der Waals surface area contributed by atoms with Crippen LogP contribution in [0.3, 0.4) is 0 Å². The second-order valence-electron chi connectivity index (χ2n) is 7.41. The van der Waals surface area contributed by atoms with Gasteiger partial charge in [-0.25, -0.2) is 0 Å². The molecule has 1 fully saturated rings. The zero-order chi connectivity index (χ0) is 22.4. The summed E-state index contributed by atoms with van der Waals surface area (Å²) >= 11 is 6.10. The fourth-order valence-electron chi connectivity index (χ4n) is 3.52. The molecule has 0 radical (unpaired) electrons. The second-order valence-corrected chi connectivity index (χ2v) is 9.30. The molecular formula is C22H26ClNO6S. The van der Waals surface area contributed by atoms with Crippen molar-refractivity contribution in [2.24, 2.45) is 0 Å². The maximum Gasteiger partial charge on any atom is 0.340 e. The van der Waals surface area contributed by atoms with Gasteiger partial charge in [0.2, 0.25) is 5.91 Å². The summed E-state index contributed by atoms with van der Waals surface area (Å²) in [6, 6.07) is 11.5. The highest BCUT2D eigenvalue weighted by Gasteiger charge is 2.25. The van der Waals surface area contributed by atoms with Crippen LogP contribution < -0.4 is 4.18 Å². The summed E-state index contributed by atoms with van der Waals surface area (Å²) in [7, 11) is -2.65. The minimum Gasteiger partial charge on any atom is -0.379 e. The molecule has 168 valence electrons. The third kappa shape index (κ3) is 6.20. The van der Waals surface area contributed by atoms with E-state index in [0.29, 0.717) is 18.7 Å². The molecule has 3 rings (SSSR count). The summed E-state index contributed by atoms with van der Waals surface area (Å²) in [5, 5.41) is 0.101. The average Bonchev–Trinajstić information content (AvgIpc) is 3.20. The Morgan fingerprint density at radius 1 is 1.26 bits per heavy atom. The average molecular weight is 468 g/mol. The molecule has 1 aliphatic rings. The summed E-state index contributed by atoms with van der Waals surface area (Å²) in [4.78, 5) is 14.1. The minimum atomic E-state index is -4.12. The van der Waals surface area contributed by atoms with Gasteiger partial charge in [-0.3, -0.25) is 4.79 Å².